The van der Waals surface area contributed by atoms with Crippen molar-refractivity contribution in [1.29, 1.82) is 0 Å². The Bertz CT molecular complexity index is 464. The van der Waals surface area contributed by atoms with Gasteiger partial charge in [-0.2, -0.15) is 0 Å². The fourth-order valence-corrected chi connectivity index (χ4v) is 1.74. The Morgan fingerprint density at radius 1 is 1.35 bits per heavy atom. The van der Waals surface area contributed by atoms with Crippen molar-refractivity contribution in [1.82, 2.24) is 0 Å². The van der Waals surface area contributed by atoms with Gasteiger partial charge in [0.15, 0.2) is 5.78 Å². The zero-order valence-electron chi connectivity index (χ0n) is 9.70. The van der Waals surface area contributed by atoms with Gasteiger partial charge >= 0.3 is 5.97 Å². The number of hydrogen-bond acceptors (Lipinski definition) is 3. The molecule has 0 saturated carbocycles. The van der Waals surface area contributed by atoms with E-state index in [2.05, 4.69) is 15.9 Å². The SMILES string of the molecule is CC(=O)/C=C/c1cccc(COC(C)=O)c1Br. The van der Waals surface area contributed by atoms with Crippen molar-refractivity contribution in [3.8, 4) is 0 Å². The van der Waals surface area contributed by atoms with E-state index in [9.17, 15) is 9.59 Å². The number of rotatable bonds is 4. The molecule has 4 heteroatoms. The largest absolute Gasteiger partial charge is 0.461 e. The summed E-state index contributed by atoms with van der Waals surface area (Å²) in [6.45, 7) is 3.08. The van der Waals surface area contributed by atoms with E-state index in [0.29, 0.717) is 0 Å². The van der Waals surface area contributed by atoms with Crippen molar-refractivity contribution in [2.45, 2.75) is 20.5 Å². The van der Waals surface area contributed by atoms with Gasteiger partial charge in [-0.05, 0) is 34.5 Å². The summed E-state index contributed by atoms with van der Waals surface area (Å²) in [6, 6.07) is 5.59. The second-order valence-corrected chi connectivity index (χ2v) is 4.34. The zero-order valence-corrected chi connectivity index (χ0v) is 11.3. The summed E-state index contributed by atoms with van der Waals surface area (Å²) in [5.41, 5.74) is 1.75. The molecule has 0 heterocycles. The second kappa shape index (κ2) is 6.35. The smallest absolute Gasteiger partial charge is 0.302 e. The molecule has 0 aliphatic carbocycles. The highest BCUT2D eigenvalue weighted by molar-refractivity contribution is 9.10. The van der Waals surface area contributed by atoms with Crippen molar-refractivity contribution < 1.29 is 14.3 Å². The van der Waals surface area contributed by atoms with E-state index in [4.69, 9.17) is 4.74 Å². The van der Waals surface area contributed by atoms with Gasteiger partial charge in [0.05, 0.1) is 0 Å². The summed E-state index contributed by atoms with van der Waals surface area (Å²) < 4.78 is 5.76. The van der Waals surface area contributed by atoms with Crippen LogP contribution in [-0.4, -0.2) is 11.8 Å². The maximum Gasteiger partial charge on any atom is 0.302 e. The van der Waals surface area contributed by atoms with Crippen LogP contribution in [0, 0.1) is 0 Å². The van der Waals surface area contributed by atoms with Crippen LogP contribution in [0.5, 0.6) is 0 Å². The maximum absolute atomic E-state index is 10.9. The lowest BCUT2D eigenvalue weighted by molar-refractivity contribution is -0.142. The van der Waals surface area contributed by atoms with Crippen molar-refractivity contribution in [2.75, 3.05) is 0 Å². The zero-order chi connectivity index (χ0) is 12.8. The average molecular weight is 297 g/mol. The third kappa shape index (κ3) is 4.53. The lowest BCUT2D eigenvalue weighted by Crippen LogP contribution is -2.00. The minimum absolute atomic E-state index is 0.0118. The van der Waals surface area contributed by atoms with Crippen LogP contribution in [-0.2, 0) is 20.9 Å². The molecule has 1 aromatic carbocycles. The number of esters is 1. The Kier molecular flexibility index (Phi) is 5.10. The van der Waals surface area contributed by atoms with Gasteiger partial charge in [0, 0.05) is 17.0 Å². The Hall–Kier alpha value is -1.42. The molecule has 0 aliphatic heterocycles. The van der Waals surface area contributed by atoms with Crippen LogP contribution >= 0.6 is 15.9 Å². The molecule has 0 spiro atoms. The normalized spacial score (nSPS) is 10.5. The number of allylic oxidation sites excluding steroid dienone is 1. The van der Waals surface area contributed by atoms with E-state index >= 15 is 0 Å². The monoisotopic (exact) mass is 296 g/mol. The fraction of sp³-hybridized carbons (Fsp3) is 0.231. The van der Waals surface area contributed by atoms with E-state index in [0.717, 1.165) is 15.6 Å². The molecule has 0 N–H and O–H groups in total. The molecule has 1 aromatic rings. The van der Waals surface area contributed by atoms with Crippen molar-refractivity contribution in [2.24, 2.45) is 0 Å². The molecule has 3 nitrogen and oxygen atoms in total. The van der Waals surface area contributed by atoms with Crippen LogP contribution < -0.4 is 0 Å². The molecule has 0 bridgehead atoms. The molecule has 0 unspecified atom stereocenters. The van der Waals surface area contributed by atoms with Gasteiger partial charge in [0.1, 0.15) is 6.61 Å². The first-order valence-corrected chi connectivity index (χ1v) is 5.89. The molecular formula is C13H13BrO3. The first-order chi connectivity index (χ1) is 8.00. The molecule has 0 radical (unpaired) electrons. The second-order valence-electron chi connectivity index (χ2n) is 3.54. The number of benzene rings is 1. The summed E-state index contributed by atoms with van der Waals surface area (Å²) >= 11 is 3.43. The third-order valence-corrected chi connectivity index (χ3v) is 3.00. The summed E-state index contributed by atoms with van der Waals surface area (Å²) in [6.07, 6.45) is 3.22. The van der Waals surface area contributed by atoms with Gasteiger partial charge in [-0.25, -0.2) is 0 Å². The molecular weight excluding hydrogens is 284 g/mol. The summed E-state index contributed by atoms with van der Waals surface area (Å²) in [7, 11) is 0. The van der Waals surface area contributed by atoms with E-state index in [1.54, 1.807) is 6.08 Å². The van der Waals surface area contributed by atoms with Crippen LogP contribution in [0.25, 0.3) is 6.08 Å². The summed E-state index contributed by atoms with van der Waals surface area (Å²) in [5.74, 6) is -0.330. The molecule has 0 fully saturated rings. The minimum atomic E-state index is -0.318. The molecule has 0 amide bonds. The Morgan fingerprint density at radius 3 is 2.65 bits per heavy atom. The highest BCUT2D eigenvalue weighted by Gasteiger charge is 2.05. The molecule has 90 valence electrons. The van der Waals surface area contributed by atoms with Gasteiger partial charge in [-0.1, -0.05) is 24.3 Å². The topological polar surface area (TPSA) is 43.4 Å². The molecule has 1 rings (SSSR count). The first kappa shape index (κ1) is 13.6. The van der Waals surface area contributed by atoms with Crippen LogP contribution in [0.3, 0.4) is 0 Å². The predicted octanol–water partition coefficient (Wildman–Crippen LogP) is 3.11. The summed E-state index contributed by atoms with van der Waals surface area (Å²) in [4.78, 5) is 21.6. The van der Waals surface area contributed by atoms with Crippen LogP contribution in [0.4, 0.5) is 0 Å². The van der Waals surface area contributed by atoms with Crippen molar-refractivity contribution >= 4 is 33.8 Å². The highest BCUT2D eigenvalue weighted by Crippen LogP contribution is 2.23. The average Bonchev–Trinajstić information content (AvgIpc) is 2.25. The number of halogens is 1. The Morgan fingerprint density at radius 2 is 2.06 bits per heavy atom. The van der Waals surface area contributed by atoms with Crippen molar-refractivity contribution in [3.05, 3.63) is 39.9 Å². The molecule has 0 atom stereocenters. The van der Waals surface area contributed by atoms with E-state index < -0.39 is 0 Å². The van der Waals surface area contributed by atoms with Gasteiger partial charge < -0.3 is 4.74 Å². The predicted molar refractivity (Wildman–Crippen MR) is 69.3 cm³/mol. The van der Waals surface area contributed by atoms with Crippen LogP contribution in [0.15, 0.2) is 28.7 Å². The van der Waals surface area contributed by atoms with Gasteiger partial charge in [-0.3, -0.25) is 9.59 Å². The number of carbonyl (C=O) groups excluding carboxylic acids is 2. The first-order valence-electron chi connectivity index (χ1n) is 5.10. The lowest BCUT2D eigenvalue weighted by Gasteiger charge is -2.07. The van der Waals surface area contributed by atoms with Crippen LogP contribution in [0.2, 0.25) is 0 Å². The Balaban J connectivity index is 2.90. The lowest BCUT2D eigenvalue weighted by atomic mass is 10.1. The number of ketones is 1. The maximum atomic E-state index is 10.9. The van der Waals surface area contributed by atoms with E-state index in [1.165, 1.54) is 19.9 Å². The van der Waals surface area contributed by atoms with Gasteiger partial charge in [0.25, 0.3) is 0 Å². The highest BCUT2D eigenvalue weighted by atomic mass is 79.9. The molecule has 0 saturated heterocycles. The molecule has 0 aromatic heterocycles. The molecule has 17 heavy (non-hydrogen) atoms. The fourth-order valence-electron chi connectivity index (χ4n) is 1.23. The number of ether oxygens (including phenoxy) is 1. The van der Waals surface area contributed by atoms with E-state index in [1.807, 2.05) is 18.2 Å². The van der Waals surface area contributed by atoms with Crippen LogP contribution in [0.1, 0.15) is 25.0 Å². The third-order valence-electron chi connectivity index (χ3n) is 2.04. The minimum Gasteiger partial charge on any atom is -0.461 e. The van der Waals surface area contributed by atoms with Crippen molar-refractivity contribution in [3.63, 3.8) is 0 Å². The number of hydrogen-bond donors (Lipinski definition) is 0. The van der Waals surface area contributed by atoms with Gasteiger partial charge in [-0.15, -0.1) is 0 Å². The summed E-state index contributed by atoms with van der Waals surface area (Å²) in [5, 5.41) is 0. The Labute approximate surface area is 109 Å². The molecule has 0 aliphatic rings. The van der Waals surface area contributed by atoms with Gasteiger partial charge in [0.2, 0.25) is 0 Å². The number of carbonyl (C=O) groups is 2. The van der Waals surface area contributed by atoms with E-state index in [-0.39, 0.29) is 18.4 Å². The standard InChI is InChI=1S/C13H13BrO3/c1-9(15)6-7-11-4-3-5-12(13(11)14)8-17-10(2)16/h3-7H,8H2,1-2H3/b7-6+. The quantitative estimate of drug-likeness (QED) is 0.633.